The topological polar surface area (TPSA) is 79.8 Å². The van der Waals surface area contributed by atoms with Crippen LogP contribution in [0.25, 0.3) is 0 Å². The molecule has 0 aromatic heterocycles. The normalized spacial score (nSPS) is 18.6. The fourth-order valence-electron chi connectivity index (χ4n) is 2.18. The average molecular weight is 384 g/mol. The molecule has 0 unspecified atom stereocenters. The summed E-state index contributed by atoms with van der Waals surface area (Å²) in [6, 6.07) is 3.40. The molecule has 25 heavy (non-hydrogen) atoms. The molecule has 1 aromatic carbocycles. The highest BCUT2D eigenvalue weighted by molar-refractivity contribution is 8.15. The maximum Gasteiger partial charge on any atom is 0.240 e. The summed E-state index contributed by atoms with van der Waals surface area (Å²) in [5.41, 5.74) is 1.36. The van der Waals surface area contributed by atoms with E-state index >= 15 is 0 Å². The molecule has 1 aliphatic rings. The number of nitrogens with one attached hydrogen (secondary N) is 2. The lowest BCUT2D eigenvalue weighted by atomic mass is 10.2. The zero-order chi connectivity index (χ0) is 18.6. The van der Waals surface area contributed by atoms with E-state index in [4.69, 9.17) is 16.3 Å². The van der Waals surface area contributed by atoms with E-state index in [9.17, 15) is 9.59 Å². The van der Waals surface area contributed by atoms with Crippen molar-refractivity contribution in [3.63, 3.8) is 0 Å². The number of aliphatic imine (C=N–C) groups is 1. The number of anilines is 1. The smallest absolute Gasteiger partial charge is 0.240 e. The molecule has 1 aliphatic heterocycles. The molecule has 2 amide bonds. The molecule has 0 saturated carbocycles. The quantitative estimate of drug-likeness (QED) is 0.790. The van der Waals surface area contributed by atoms with Gasteiger partial charge in [0.05, 0.1) is 12.8 Å². The van der Waals surface area contributed by atoms with Gasteiger partial charge in [0.15, 0.2) is 5.17 Å². The monoisotopic (exact) mass is 383 g/mol. The van der Waals surface area contributed by atoms with Gasteiger partial charge in [-0.05, 0) is 24.5 Å². The second kappa shape index (κ2) is 8.58. The van der Waals surface area contributed by atoms with Gasteiger partial charge in [-0.2, -0.15) is 0 Å². The maximum atomic E-state index is 12.3. The van der Waals surface area contributed by atoms with Gasteiger partial charge in [0, 0.05) is 24.1 Å². The highest BCUT2D eigenvalue weighted by Gasteiger charge is 2.32. The summed E-state index contributed by atoms with van der Waals surface area (Å²) in [6.45, 7) is 6.59. The van der Waals surface area contributed by atoms with Gasteiger partial charge in [-0.3, -0.25) is 14.6 Å². The Labute approximate surface area is 156 Å². The molecule has 136 valence electrons. The molecule has 2 rings (SSSR count). The standard InChI is InChI=1S/C17H22ClN3O3S/c1-9(2)8-19-17-21-16(23)14(25-17)7-15(22)20-12-5-10(3)11(18)6-13(12)24-4/h5-6,9,14H,7-8H2,1-4H3,(H,20,22)(H,19,21,23)/t14-/m0/s1. The largest absolute Gasteiger partial charge is 0.495 e. The highest BCUT2D eigenvalue weighted by atomic mass is 35.5. The molecular weight excluding hydrogens is 362 g/mol. The Morgan fingerprint density at radius 2 is 2.20 bits per heavy atom. The van der Waals surface area contributed by atoms with Gasteiger partial charge in [-0.1, -0.05) is 37.2 Å². The fraction of sp³-hybridized carbons (Fsp3) is 0.471. The Morgan fingerprint density at radius 1 is 1.48 bits per heavy atom. The number of methoxy groups -OCH3 is 1. The van der Waals surface area contributed by atoms with Crippen molar-refractivity contribution in [1.29, 1.82) is 0 Å². The van der Waals surface area contributed by atoms with Gasteiger partial charge in [0.1, 0.15) is 11.0 Å². The second-order valence-corrected chi connectivity index (χ2v) is 7.79. The zero-order valence-electron chi connectivity index (χ0n) is 14.7. The van der Waals surface area contributed by atoms with Crippen molar-refractivity contribution in [3.05, 3.63) is 22.7 Å². The van der Waals surface area contributed by atoms with Crippen LogP contribution in [-0.4, -0.2) is 35.9 Å². The van der Waals surface area contributed by atoms with Crippen molar-refractivity contribution in [3.8, 4) is 5.75 Å². The number of hydrogen-bond donors (Lipinski definition) is 2. The van der Waals surface area contributed by atoms with Crippen molar-refractivity contribution in [2.45, 2.75) is 32.4 Å². The van der Waals surface area contributed by atoms with Crippen LogP contribution in [0, 0.1) is 12.8 Å². The molecule has 1 heterocycles. The number of halogens is 1. The molecule has 8 heteroatoms. The van der Waals surface area contributed by atoms with Gasteiger partial charge in [0.2, 0.25) is 11.8 Å². The lowest BCUT2D eigenvalue weighted by Crippen LogP contribution is -2.28. The summed E-state index contributed by atoms with van der Waals surface area (Å²) < 4.78 is 5.24. The number of hydrogen-bond acceptors (Lipinski definition) is 5. The summed E-state index contributed by atoms with van der Waals surface area (Å²) in [5, 5.41) is 6.17. The van der Waals surface area contributed by atoms with Gasteiger partial charge < -0.3 is 15.4 Å². The van der Waals surface area contributed by atoms with Crippen LogP contribution >= 0.6 is 23.4 Å². The first-order valence-electron chi connectivity index (χ1n) is 7.96. The molecule has 0 bridgehead atoms. The van der Waals surface area contributed by atoms with Crippen molar-refractivity contribution in [1.82, 2.24) is 5.32 Å². The first kappa shape index (κ1) is 19.6. The maximum absolute atomic E-state index is 12.3. The van der Waals surface area contributed by atoms with Crippen molar-refractivity contribution in [2.75, 3.05) is 19.0 Å². The number of ether oxygens (including phenoxy) is 1. The predicted octanol–water partition coefficient (Wildman–Crippen LogP) is 3.23. The summed E-state index contributed by atoms with van der Waals surface area (Å²) in [5.74, 6) is 0.430. The molecular formula is C17H22ClN3O3S. The number of nitrogens with zero attached hydrogens (tertiary/aromatic N) is 1. The van der Waals surface area contributed by atoms with E-state index in [-0.39, 0.29) is 18.2 Å². The summed E-state index contributed by atoms with van der Waals surface area (Å²) >= 11 is 7.35. The van der Waals surface area contributed by atoms with Crippen molar-refractivity contribution < 1.29 is 14.3 Å². The predicted molar refractivity (Wildman–Crippen MR) is 103 cm³/mol. The molecule has 0 aliphatic carbocycles. The Kier molecular flexibility index (Phi) is 6.72. The van der Waals surface area contributed by atoms with E-state index in [0.29, 0.717) is 34.1 Å². The van der Waals surface area contributed by atoms with Crippen LogP contribution in [0.2, 0.25) is 5.02 Å². The van der Waals surface area contributed by atoms with Crippen LogP contribution in [0.4, 0.5) is 5.69 Å². The van der Waals surface area contributed by atoms with Crippen LogP contribution in [0.5, 0.6) is 5.75 Å². The third-order valence-electron chi connectivity index (χ3n) is 3.50. The molecule has 1 atom stereocenters. The van der Waals surface area contributed by atoms with Crippen LogP contribution in [0.1, 0.15) is 25.8 Å². The molecule has 6 nitrogen and oxygen atoms in total. The lowest BCUT2D eigenvalue weighted by Gasteiger charge is -2.13. The molecule has 0 radical (unpaired) electrons. The first-order valence-corrected chi connectivity index (χ1v) is 9.22. The van der Waals surface area contributed by atoms with E-state index in [1.54, 1.807) is 12.1 Å². The van der Waals surface area contributed by atoms with Gasteiger partial charge >= 0.3 is 0 Å². The van der Waals surface area contributed by atoms with E-state index in [2.05, 4.69) is 29.5 Å². The number of carbonyl (C=O) groups is 2. The number of thioether (sulfide) groups is 1. The van der Waals surface area contributed by atoms with Gasteiger partial charge in [0.25, 0.3) is 0 Å². The van der Waals surface area contributed by atoms with Crippen LogP contribution in [0.3, 0.4) is 0 Å². The Bertz CT molecular complexity index is 707. The SMILES string of the molecule is COc1cc(Cl)c(C)cc1NC(=O)C[C@@H]1SC(=NCC(C)C)NC1=O. The minimum absolute atomic E-state index is 0.0576. The van der Waals surface area contributed by atoms with E-state index < -0.39 is 5.25 Å². The molecule has 1 saturated heterocycles. The first-order chi connectivity index (χ1) is 11.8. The fourth-order valence-corrected chi connectivity index (χ4v) is 3.31. The highest BCUT2D eigenvalue weighted by Crippen LogP contribution is 2.31. The Hall–Kier alpha value is -1.73. The molecule has 2 N–H and O–H groups in total. The van der Waals surface area contributed by atoms with Crippen LogP contribution in [0.15, 0.2) is 17.1 Å². The molecule has 0 spiro atoms. The second-order valence-electron chi connectivity index (χ2n) is 6.19. The Balaban J connectivity index is 2.00. The number of rotatable bonds is 6. The van der Waals surface area contributed by atoms with Crippen molar-refractivity contribution in [2.24, 2.45) is 10.9 Å². The summed E-state index contributed by atoms with van der Waals surface area (Å²) in [4.78, 5) is 28.7. The number of amidine groups is 1. The Morgan fingerprint density at radius 3 is 2.84 bits per heavy atom. The van der Waals surface area contributed by atoms with Gasteiger partial charge in [-0.25, -0.2) is 0 Å². The zero-order valence-corrected chi connectivity index (χ0v) is 16.3. The molecule has 1 aromatic rings. The van der Waals surface area contributed by atoms with Gasteiger partial charge in [-0.15, -0.1) is 0 Å². The van der Waals surface area contributed by atoms with E-state index in [1.807, 2.05) is 6.92 Å². The third-order valence-corrected chi connectivity index (χ3v) is 5.03. The number of carbonyl (C=O) groups excluding carboxylic acids is 2. The van der Waals surface area contributed by atoms with E-state index in [1.165, 1.54) is 18.9 Å². The summed E-state index contributed by atoms with van der Waals surface area (Å²) in [6.07, 6.45) is 0.0576. The minimum atomic E-state index is -0.481. The number of amides is 2. The third kappa shape index (κ3) is 5.37. The van der Waals surface area contributed by atoms with Crippen LogP contribution in [-0.2, 0) is 9.59 Å². The van der Waals surface area contributed by atoms with E-state index in [0.717, 1.165) is 5.56 Å². The number of aryl methyl sites for hydroxylation is 1. The lowest BCUT2D eigenvalue weighted by molar-refractivity contribution is -0.122. The summed E-state index contributed by atoms with van der Waals surface area (Å²) in [7, 11) is 1.51. The minimum Gasteiger partial charge on any atom is -0.495 e. The van der Waals surface area contributed by atoms with Crippen molar-refractivity contribution >= 4 is 46.0 Å². The average Bonchev–Trinajstić information content (AvgIpc) is 2.88. The van der Waals surface area contributed by atoms with Crippen LogP contribution < -0.4 is 15.4 Å². The molecule has 1 fully saturated rings. The number of benzene rings is 1.